The Bertz CT molecular complexity index is 397. The highest BCUT2D eigenvalue weighted by Gasteiger charge is 1.93. The van der Waals surface area contributed by atoms with Crippen molar-refractivity contribution in [1.29, 1.82) is 0 Å². The quantitative estimate of drug-likeness (QED) is 0.512. The van der Waals surface area contributed by atoms with Crippen LogP contribution in [0.5, 0.6) is 0 Å². The third kappa shape index (κ3) is 3.00. The minimum absolute atomic E-state index is 0.0859. The summed E-state index contributed by atoms with van der Waals surface area (Å²) in [5.41, 5.74) is 1.70. The molecule has 0 atom stereocenters. The first-order valence-corrected chi connectivity index (χ1v) is 4.66. The van der Waals surface area contributed by atoms with Crippen LogP contribution in [-0.4, -0.2) is 10.7 Å². The Labute approximate surface area is 82.8 Å². The molecule has 0 fully saturated rings. The highest BCUT2D eigenvalue weighted by Crippen LogP contribution is 1.99. The van der Waals surface area contributed by atoms with Crippen molar-refractivity contribution in [2.75, 3.05) is 5.75 Å². The fourth-order valence-electron chi connectivity index (χ4n) is 0.921. The normalized spacial score (nSPS) is 9.08. The van der Waals surface area contributed by atoms with Crippen LogP contribution in [0.3, 0.4) is 0 Å². The summed E-state index contributed by atoms with van der Waals surface area (Å²) in [6, 6.07) is 1.55. The average molecular weight is 193 g/mol. The summed E-state index contributed by atoms with van der Waals surface area (Å²) >= 11 is 4.05. The lowest BCUT2D eigenvalue weighted by Crippen LogP contribution is -2.04. The van der Waals surface area contributed by atoms with Crippen LogP contribution >= 0.6 is 12.6 Å². The van der Waals surface area contributed by atoms with Crippen LogP contribution < -0.4 is 5.56 Å². The van der Waals surface area contributed by atoms with Gasteiger partial charge in [-0.3, -0.25) is 4.79 Å². The van der Waals surface area contributed by atoms with Gasteiger partial charge in [0.1, 0.15) is 0 Å². The van der Waals surface area contributed by atoms with Gasteiger partial charge in [-0.05, 0) is 12.5 Å². The minimum Gasteiger partial charge on any atom is -0.328 e. The first kappa shape index (κ1) is 9.94. The predicted octanol–water partition coefficient (Wildman–Crippen LogP) is 1.35. The molecule has 2 nitrogen and oxygen atoms in total. The van der Waals surface area contributed by atoms with E-state index in [1.54, 1.807) is 12.3 Å². The van der Waals surface area contributed by atoms with Gasteiger partial charge in [-0.2, -0.15) is 12.6 Å². The van der Waals surface area contributed by atoms with Crippen LogP contribution in [0.15, 0.2) is 17.1 Å². The van der Waals surface area contributed by atoms with Gasteiger partial charge < -0.3 is 4.98 Å². The second-order valence-electron chi connectivity index (χ2n) is 2.67. The fraction of sp³-hybridized carbons (Fsp3) is 0.300. The summed E-state index contributed by atoms with van der Waals surface area (Å²) in [5, 5.41) is 0. The van der Waals surface area contributed by atoms with E-state index >= 15 is 0 Å². The summed E-state index contributed by atoms with van der Waals surface area (Å²) in [4.78, 5) is 13.4. The molecular weight excluding hydrogens is 182 g/mol. The number of aromatic nitrogens is 1. The Kier molecular flexibility index (Phi) is 3.66. The monoisotopic (exact) mass is 193 g/mol. The second kappa shape index (κ2) is 4.78. The molecule has 0 spiro atoms. The number of nitrogens with one attached hydrogen (secondary N) is 1. The van der Waals surface area contributed by atoms with Crippen molar-refractivity contribution in [3.05, 3.63) is 33.7 Å². The molecule has 0 saturated heterocycles. The Morgan fingerprint density at radius 1 is 1.62 bits per heavy atom. The van der Waals surface area contributed by atoms with E-state index in [9.17, 15) is 4.79 Å². The molecule has 0 aliphatic carbocycles. The molecule has 1 rings (SSSR count). The molecule has 1 N–H and O–H groups in total. The lowest BCUT2D eigenvalue weighted by atomic mass is 10.2. The molecule has 1 heterocycles. The molecule has 0 amide bonds. The van der Waals surface area contributed by atoms with Gasteiger partial charge in [-0.1, -0.05) is 11.8 Å². The zero-order valence-corrected chi connectivity index (χ0v) is 8.32. The number of rotatable bonds is 1. The van der Waals surface area contributed by atoms with E-state index in [2.05, 4.69) is 29.5 Å². The number of hydrogen-bond acceptors (Lipinski definition) is 2. The number of aryl methyl sites for hydroxylation is 1. The number of thiol groups is 1. The Morgan fingerprint density at radius 3 is 3.00 bits per heavy atom. The number of hydrogen-bond donors (Lipinski definition) is 2. The highest BCUT2D eigenvalue weighted by atomic mass is 32.1. The van der Waals surface area contributed by atoms with Gasteiger partial charge in [0.15, 0.2) is 0 Å². The van der Waals surface area contributed by atoms with Crippen LogP contribution in [0.2, 0.25) is 0 Å². The molecule has 1 aromatic heterocycles. The summed E-state index contributed by atoms with van der Waals surface area (Å²) in [6.07, 6.45) is 2.41. The van der Waals surface area contributed by atoms with Crippen molar-refractivity contribution in [3.8, 4) is 11.8 Å². The van der Waals surface area contributed by atoms with Crippen LogP contribution in [0.1, 0.15) is 17.5 Å². The second-order valence-corrected chi connectivity index (χ2v) is 3.12. The molecule has 3 heteroatoms. The standard InChI is InChI=1S/C10H11NOS/c1-8-6-10(12)11-7-9(8)4-2-3-5-13/h6-7,13H,3,5H2,1H3,(H,11,12). The molecule has 68 valence electrons. The lowest BCUT2D eigenvalue weighted by molar-refractivity contribution is 1.19. The van der Waals surface area contributed by atoms with E-state index in [1.165, 1.54) is 0 Å². The number of pyridine rings is 1. The van der Waals surface area contributed by atoms with Gasteiger partial charge in [-0.25, -0.2) is 0 Å². The SMILES string of the molecule is Cc1cc(=O)[nH]cc1C#CCCS. The number of aromatic amines is 1. The fourth-order valence-corrected chi connectivity index (χ4v) is 1.03. The van der Waals surface area contributed by atoms with Crippen molar-refractivity contribution in [2.24, 2.45) is 0 Å². The van der Waals surface area contributed by atoms with E-state index in [0.29, 0.717) is 0 Å². The topological polar surface area (TPSA) is 32.9 Å². The maximum absolute atomic E-state index is 10.9. The van der Waals surface area contributed by atoms with Gasteiger partial charge in [0, 0.05) is 30.0 Å². The summed E-state index contributed by atoms with van der Waals surface area (Å²) in [7, 11) is 0. The van der Waals surface area contributed by atoms with E-state index in [1.807, 2.05) is 6.92 Å². The molecule has 0 aromatic carbocycles. The Hall–Kier alpha value is -1.14. The van der Waals surface area contributed by atoms with Crippen molar-refractivity contribution in [3.63, 3.8) is 0 Å². The first-order valence-electron chi connectivity index (χ1n) is 4.03. The van der Waals surface area contributed by atoms with Crippen LogP contribution in [0, 0.1) is 18.8 Å². The zero-order chi connectivity index (χ0) is 9.68. The summed E-state index contributed by atoms with van der Waals surface area (Å²) < 4.78 is 0. The van der Waals surface area contributed by atoms with Crippen LogP contribution in [0.25, 0.3) is 0 Å². The van der Waals surface area contributed by atoms with Gasteiger partial charge in [0.2, 0.25) is 5.56 Å². The van der Waals surface area contributed by atoms with Gasteiger partial charge >= 0.3 is 0 Å². The third-order valence-corrected chi connectivity index (χ3v) is 1.81. The summed E-state index contributed by atoms with van der Waals surface area (Å²) in [5.74, 6) is 6.69. The van der Waals surface area contributed by atoms with Gasteiger partial charge in [-0.15, -0.1) is 0 Å². The highest BCUT2D eigenvalue weighted by molar-refractivity contribution is 7.80. The Balaban J connectivity index is 2.92. The molecule has 13 heavy (non-hydrogen) atoms. The van der Waals surface area contributed by atoms with E-state index in [0.717, 1.165) is 23.3 Å². The number of H-pyrrole nitrogens is 1. The molecule has 0 aliphatic rings. The van der Waals surface area contributed by atoms with Crippen LogP contribution in [-0.2, 0) is 0 Å². The molecule has 0 bridgehead atoms. The molecular formula is C10H11NOS. The van der Waals surface area contributed by atoms with Crippen molar-refractivity contribution >= 4 is 12.6 Å². The zero-order valence-electron chi connectivity index (χ0n) is 7.42. The smallest absolute Gasteiger partial charge is 0.248 e. The average Bonchev–Trinajstić information content (AvgIpc) is 2.09. The van der Waals surface area contributed by atoms with Gasteiger partial charge in [0.05, 0.1) is 0 Å². The molecule has 0 aliphatic heterocycles. The van der Waals surface area contributed by atoms with E-state index in [-0.39, 0.29) is 5.56 Å². The first-order chi connectivity index (χ1) is 6.24. The molecule has 0 radical (unpaired) electrons. The molecule has 0 unspecified atom stereocenters. The molecule has 1 aromatic rings. The van der Waals surface area contributed by atoms with Crippen molar-refractivity contribution < 1.29 is 0 Å². The maximum Gasteiger partial charge on any atom is 0.248 e. The van der Waals surface area contributed by atoms with Crippen molar-refractivity contribution in [2.45, 2.75) is 13.3 Å². The van der Waals surface area contributed by atoms with Crippen molar-refractivity contribution in [1.82, 2.24) is 4.98 Å². The predicted molar refractivity (Wildman–Crippen MR) is 57.1 cm³/mol. The van der Waals surface area contributed by atoms with Gasteiger partial charge in [0.25, 0.3) is 0 Å². The largest absolute Gasteiger partial charge is 0.328 e. The maximum atomic E-state index is 10.9. The third-order valence-electron chi connectivity index (χ3n) is 1.59. The Morgan fingerprint density at radius 2 is 2.38 bits per heavy atom. The van der Waals surface area contributed by atoms with E-state index < -0.39 is 0 Å². The van der Waals surface area contributed by atoms with E-state index in [4.69, 9.17) is 0 Å². The van der Waals surface area contributed by atoms with Crippen LogP contribution in [0.4, 0.5) is 0 Å². The minimum atomic E-state index is -0.0859. The lowest BCUT2D eigenvalue weighted by Gasteiger charge is -1.94. The molecule has 0 saturated carbocycles. The summed E-state index contributed by atoms with van der Waals surface area (Å²) in [6.45, 7) is 1.87.